The summed E-state index contributed by atoms with van der Waals surface area (Å²) in [6, 6.07) is 11.3. The standard InChI is InChI=1S/C16H18N2O4S/c1-11-4-9-14(23(20,21)17-2)10-15(11)16(19)18-12-5-7-13(22-3)8-6-12/h4-10,17H,1-3H3,(H,18,19). The van der Waals surface area contributed by atoms with Crippen LogP contribution in [0.15, 0.2) is 47.4 Å². The van der Waals surface area contributed by atoms with Crippen molar-refractivity contribution in [3.05, 3.63) is 53.6 Å². The fourth-order valence-corrected chi connectivity index (χ4v) is 2.76. The highest BCUT2D eigenvalue weighted by atomic mass is 32.2. The van der Waals surface area contributed by atoms with Crippen LogP contribution in [0.25, 0.3) is 0 Å². The van der Waals surface area contributed by atoms with E-state index >= 15 is 0 Å². The molecule has 2 aromatic carbocycles. The Labute approximate surface area is 135 Å². The SMILES string of the molecule is CNS(=O)(=O)c1ccc(C)c(C(=O)Nc2ccc(OC)cc2)c1. The van der Waals surface area contributed by atoms with E-state index in [9.17, 15) is 13.2 Å². The van der Waals surface area contributed by atoms with Crippen molar-refractivity contribution in [3.8, 4) is 5.75 Å². The van der Waals surface area contributed by atoms with E-state index in [4.69, 9.17) is 4.74 Å². The van der Waals surface area contributed by atoms with Crippen molar-refractivity contribution in [2.24, 2.45) is 0 Å². The predicted molar refractivity (Wildman–Crippen MR) is 88.4 cm³/mol. The Bertz CT molecular complexity index is 814. The summed E-state index contributed by atoms with van der Waals surface area (Å²) < 4.78 is 31.0. The molecule has 2 rings (SSSR count). The van der Waals surface area contributed by atoms with Gasteiger partial charge in [-0.3, -0.25) is 4.79 Å². The molecule has 0 aromatic heterocycles. The van der Waals surface area contributed by atoms with Crippen molar-refractivity contribution >= 4 is 21.6 Å². The molecule has 0 saturated heterocycles. The van der Waals surface area contributed by atoms with Crippen LogP contribution in [0.4, 0.5) is 5.69 Å². The molecule has 2 aromatic rings. The zero-order valence-electron chi connectivity index (χ0n) is 13.1. The normalized spacial score (nSPS) is 11.1. The number of ether oxygens (including phenoxy) is 1. The van der Waals surface area contributed by atoms with E-state index in [1.54, 1.807) is 44.4 Å². The first-order valence-electron chi connectivity index (χ1n) is 6.87. The molecule has 6 nitrogen and oxygen atoms in total. The van der Waals surface area contributed by atoms with E-state index in [-0.39, 0.29) is 10.8 Å². The van der Waals surface area contributed by atoms with Crippen LogP contribution in [0.2, 0.25) is 0 Å². The molecule has 23 heavy (non-hydrogen) atoms. The molecule has 0 aliphatic rings. The highest BCUT2D eigenvalue weighted by Gasteiger charge is 2.16. The third-order valence-corrected chi connectivity index (χ3v) is 4.79. The van der Waals surface area contributed by atoms with Gasteiger partial charge < -0.3 is 10.1 Å². The molecule has 122 valence electrons. The Balaban J connectivity index is 2.29. The van der Waals surface area contributed by atoms with Crippen molar-refractivity contribution < 1.29 is 17.9 Å². The quantitative estimate of drug-likeness (QED) is 0.877. The minimum Gasteiger partial charge on any atom is -0.497 e. The molecular weight excluding hydrogens is 316 g/mol. The van der Waals surface area contributed by atoms with Gasteiger partial charge in [0.15, 0.2) is 0 Å². The molecule has 7 heteroatoms. The zero-order valence-corrected chi connectivity index (χ0v) is 13.9. The van der Waals surface area contributed by atoms with Gasteiger partial charge in [0.25, 0.3) is 5.91 Å². The molecule has 0 spiro atoms. The molecular formula is C16H18N2O4S. The first-order chi connectivity index (χ1) is 10.9. The van der Waals surface area contributed by atoms with Gasteiger partial charge in [-0.15, -0.1) is 0 Å². The number of carbonyl (C=O) groups is 1. The summed E-state index contributed by atoms with van der Waals surface area (Å²) in [5, 5.41) is 2.74. The van der Waals surface area contributed by atoms with Gasteiger partial charge in [0.05, 0.1) is 12.0 Å². The number of sulfonamides is 1. The molecule has 0 heterocycles. The minimum absolute atomic E-state index is 0.0467. The number of anilines is 1. The number of carbonyl (C=O) groups excluding carboxylic acids is 1. The maximum atomic E-state index is 12.4. The Hall–Kier alpha value is -2.38. The Morgan fingerprint density at radius 3 is 2.30 bits per heavy atom. The second kappa shape index (κ2) is 6.80. The van der Waals surface area contributed by atoms with Gasteiger partial charge in [0.2, 0.25) is 10.0 Å². The third kappa shape index (κ3) is 3.88. The van der Waals surface area contributed by atoms with Gasteiger partial charge in [0.1, 0.15) is 5.75 Å². The molecule has 1 amide bonds. The molecule has 0 aliphatic carbocycles. The summed E-state index contributed by atoms with van der Waals surface area (Å²) in [4.78, 5) is 12.4. The van der Waals surface area contributed by atoms with Crippen LogP contribution in [0.1, 0.15) is 15.9 Å². The summed E-state index contributed by atoms with van der Waals surface area (Å²) >= 11 is 0. The minimum atomic E-state index is -3.60. The summed E-state index contributed by atoms with van der Waals surface area (Å²) in [6.07, 6.45) is 0. The molecule has 0 bridgehead atoms. The second-order valence-electron chi connectivity index (χ2n) is 4.87. The lowest BCUT2D eigenvalue weighted by Crippen LogP contribution is -2.20. The van der Waals surface area contributed by atoms with Crippen molar-refractivity contribution in [3.63, 3.8) is 0 Å². The van der Waals surface area contributed by atoms with Crippen LogP contribution in [0, 0.1) is 6.92 Å². The number of amides is 1. The van der Waals surface area contributed by atoms with Crippen LogP contribution >= 0.6 is 0 Å². The number of hydrogen-bond acceptors (Lipinski definition) is 4. The lowest BCUT2D eigenvalue weighted by molar-refractivity contribution is 0.102. The van der Waals surface area contributed by atoms with E-state index in [1.807, 2.05) is 0 Å². The number of hydrogen-bond donors (Lipinski definition) is 2. The molecule has 2 N–H and O–H groups in total. The monoisotopic (exact) mass is 334 g/mol. The number of nitrogens with one attached hydrogen (secondary N) is 2. The first kappa shape index (κ1) is 17.0. The predicted octanol–water partition coefficient (Wildman–Crippen LogP) is 2.16. The summed E-state index contributed by atoms with van der Waals surface area (Å²) in [5.74, 6) is 0.308. The average molecular weight is 334 g/mol. The summed E-state index contributed by atoms with van der Waals surface area (Å²) in [6.45, 7) is 1.75. The van der Waals surface area contributed by atoms with Crippen LogP contribution in [-0.4, -0.2) is 28.5 Å². The zero-order chi connectivity index (χ0) is 17.0. The molecule has 0 unspecified atom stereocenters. The van der Waals surface area contributed by atoms with Gasteiger partial charge in [-0.25, -0.2) is 13.1 Å². The lowest BCUT2D eigenvalue weighted by Gasteiger charge is -2.10. The highest BCUT2D eigenvalue weighted by Crippen LogP contribution is 2.19. The van der Waals surface area contributed by atoms with Crippen molar-refractivity contribution in [2.75, 3.05) is 19.5 Å². The van der Waals surface area contributed by atoms with Crippen LogP contribution in [0.3, 0.4) is 0 Å². The molecule has 0 saturated carbocycles. The van der Waals surface area contributed by atoms with Gasteiger partial charge in [0, 0.05) is 11.3 Å². The second-order valence-corrected chi connectivity index (χ2v) is 6.75. The number of aryl methyl sites for hydroxylation is 1. The van der Waals surface area contributed by atoms with Crippen LogP contribution in [-0.2, 0) is 10.0 Å². The lowest BCUT2D eigenvalue weighted by atomic mass is 10.1. The van der Waals surface area contributed by atoms with E-state index in [2.05, 4.69) is 10.0 Å². The van der Waals surface area contributed by atoms with Crippen LogP contribution in [0.5, 0.6) is 5.75 Å². The average Bonchev–Trinajstić information content (AvgIpc) is 2.55. The number of benzene rings is 2. The molecule has 0 atom stereocenters. The number of rotatable bonds is 5. The largest absolute Gasteiger partial charge is 0.497 e. The summed E-state index contributed by atoms with van der Waals surface area (Å²) in [7, 11) is -0.714. The van der Waals surface area contributed by atoms with E-state index in [1.165, 1.54) is 19.2 Å². The third-order valence-electron chi connectivity index (χ3n) is 3.38. The smallest absolute Gasteiger partial charge is 0.255 e. The topological polar surface area (TPSA) is 84.5 Å². The maximum Gasteiger partial charge on any atom is 0.255 e. The van der Waals surface area contributed by atoms with E-state index in [0.717, 1.165) is 0 Å². The van der Waals surface area contributed by atoms with Gasteiger partial charge in [-0.2, -0.15) is 0 Å². The first-order valence-corrected chi connectivity index (χ1v) is 8.35. The molecule has 0 fully saturated rings. The fourth-order valence-electron chi connectivity index (χ4n) is 2.00. The molecule has 0 aliphatic heterocycles. The maximum absolute atomic E-state index is 12.4. The summed E-state index contributed by atoms with van der Waals surface area (Å²) in [5.41, 5.74) is 1.58. The Kier molecular flexibility index (Phi) is 5.02. The van der Waals surface area contributed by atoms with E-state index in [0.29, 0.717) is 22.6 Å². The van der Waals surface area contributed by atoms with Crippen molar-refractivity contribution in [1.82, 2.24) is 4.72 Å². The number of methoxy groups -OCH3 is 1. The van der Waals surface area contributed by atoms with Crippen molar-refractivity contribution in [2.45, 2.75) is 11.8 Å². The van der Waals surface area contributed by atoms with Gasteiger partial charge >= 0.3 is 0 Å². The van der Waals surface area contributed by atoms with Crippen LogP contribution < -0.4 is 14.8 Å². The van der Waals surface area contributed by atoms with Gasteiger partial charge in [-0.05, 0) is 55.9 Å². The molecule has 0 radical (unpaired) electrons. The highest BCUT2D eigenvalue weighted by molar-refractivity contribution is 7.89. The Morgan fingerprint density at radius 2 is 1.74 bits per heavy atom. The van der Waals surface area contributed by atoms with Gasteiger partial charge in [-0.1, -0.05) is 6.07 Å². The van der Waals surface area contributed by atoms with E-state index < -0.39 is 10.0 Å². The Morgan fingerprint density at radius 1 is 1.09 bits per heavy atom. The van der Waals surface area contributed by atoms with Crippen molar-refractivity contribution in [1.29, 1.82) is 0 Å². The fraction of sp³-hybridized carbons (Fsp3) is 0.188.